The summed E-state index contributed by atoms with van der Waals surface area (Å²) >= 11 is 13.8. The summed E-state index contributed by atoms with van der Waals surface area (Å²) in [6, 6.07) is 23.8. The monoisotopic (exact) mass is 535 g/mol. The number of carbonyl (C=O) groups is 2. The summed E-state index contributed by atoms with van der Waals surface area (Å²) in [7, 11) is 0. The maximum absolute atomic E-state index is 13.7. The Hall–Kier alpha value is -3.24. The highest BCUT2D eigenvalue weighted by atomic mass is 35.5. The Morgan fingerprint density at radius 2 is 1.75 bits per heavy atom. The van der Waals surface area contributed by atoms with Crippen LogP contribution in [-0.4, -0.2) is 17.1 Å². The molecular formula is C28H23Cl2N3O2S. The van der Waals surface area contributed by atoms with E-state index in [0.717, 1.165) is 11.1 Å². The van der Waals surface area contributed by atoms with E-state index in [1.807, 2.05) is 42.5 Å². The lowest BCUT2D eigenvalue weighted by Crippen LogP contribution is -2.31. The van der Waals surface area contributed by atoms with Crippen molar-refractivity contribution in [3.63, 3.8) is 0 Å². The molecule has 0 saturated carbocycles. The van der Waals surface area contributed by atoms with Crippen LogP contribution in [0.15, 0.2) is 83.4 Å². The number of amides is 2. The van der Waals surface area contributed by atoms with Gasteiger partial charge in [-0.1, -0.05) is 91.3 Å². The number of nitrogens with one attached hydrogen (secondary N) is 1. The van der Waals surface area contributed by atoms with Gasteiger partial charge in [0.25, 0.3) is 5.91 Å². The molecule has 1 aliphatic rings. The number of rotatable bonds is 6. The standard InChI is InChI=1S/C28H23Cl2N3O2S/c1-17(2)18-11-13-21(14-12-18)33-27(35)24(15-19-7-6-10-23(29)25(19)30)36-28(33)22(16-31)26(34)32-20-8-4-3-5-9-20/h3-14,17,24H,15H2,1-2H3,(H,32,34)/b28-22-. The van der Waals surface area contributed by atoms with Crippen LogP contribution in [-0.2, 0) is 16.0 Å². The molecule has 3 aromatic carbocycles. The quantitative estimate of drug-likeness (QED) is 0.268. The average Bonchev–Trinajstić information content (AvgIpc) is 3.18. The lowest BCUT2D eigenvalue weighted by atomic mass is 10.0. The van der Waals surface area contributed by atoms with E-state index in [4.69, 9.17) is 23.2 Å². The fourth-order valence-corrected chi connectivity index (χ4v) is 5.54. The Morgan fingerprint density at radius 1 is 1.06 bits per heavy atom. The van der Waals surface area contributed by atoms with E-state index in [0.29, 0.717) is 33.8 Å². The van der Waals surface area contributed by atoms with E-state index in [1.165, 1.54) is 16.7 Å². The molecule has 4 rings (SSSR count). The minimum Gasteiger partial charge on any atom is -0.321 e. The molecular weight excluding hydrogens is 513 g/mol. The first kappa shape index (κ1) is 25.8. The van der Waals surface area contributed by atoms with E-state index >= 15 is 0 Å². The van der Waals surface area contributed by atoms with Gasteiger partial charge >= 0.3 is 0 Å². The van der Waals surface area contributed by atoms with Crippen molar-refractivity contribution in [3.8, 4) is 6.07 Å². The Labute approximate surface area is 224 Å². The SMILES string of the molecule is CC(C)c1ccc(N2C(=O)C(Cc3cccc(Cl)c3Cl)S/C2=C(/C#N)C(=O)Nc2ccccc2)cc1. The van der Waals surface area contributed by atoms with Gasteiger partial charge in [0.2, 0.25) is 5.91 Å². The molecule has 36 heavy (non-hydrogen) atoms. The summed E-state index contributed by atoms with van der Waals surface area (Å²) in [5, 5.41) is 13.2. The van der Waals surface area contributed by atoms with Gasteiger partial charge in [0.1, 0.15) is 16.7 Å². The molecule has 1 saturated heterocycles. The van der Waals surface area contributed by atoms with Crippen LogP contribution in [0.2, 0.25) is 10.0 Å². The number of halogens is 2. The number of anilines is 2. The summed E-state index contributed by atoms with van der Waals surface area (Å²) in [4.78, 5) is 28.3. The molecule has 1 heterocycles. The molecule has 5 nitrogen and oxygen atoms in total. The molecule has 0 spiro atoms. The molecule has 0 radical (unpaired) electrons. The second-order valence-corrected chi connectivity index (χ2v) is 10.5. The predicted molar refractivity (Wildman–Crippen MR) is 147 cm³/mol. The number of nitriles is 1. The number of para-hydroxylation sites is 1. The Bertz CT molecular complexity index is 1370. The predicted octanol–water partition coefficient (Wildman–Crippen LogP) is 7.18. The smallest absolute Gasteiger partial charge is 0.269 e. The zero-order valence-corrected chi connectivity index (χ0v) is 22.0. The van der Waals surface area contributed by atoms with Crippen LogP contribution < -0.4 is 10.2 Å². The highest BCUT2D eigenvalue weighted by Gasteiger charge is 2.41. The van der Waals surface area contributed by atoms with Crippen LogP contribution in [0, 0.1) is 11.3 Å². The molecule has 1 unspecified atom stereocenters. The van der Waals surface area contributed by atoms with Crippen molar-refractivity contribution in [1.82, 2.24) is 0 Å². The molecule has 1 N–H and O–H groups in total. The highest BCUT2D eigenvalue weighted by Crippen LogP contribution is 2.43. The highest BCUT2D eigenvalue weighted by molar-refractivity contribution is 8.05. The van der Waals surface area contributed by atoms with Crippen molar-refractivity contribution < 1.29 is 9.59 Å². The van der Waals surface area contributed by atoms with E-state index in [-0.39, 0.29) is 16.5 Å². The molecule has 1 aliphatic heterocycles. The molecule has 3 aromatic rings. The number of hydrogen-bond donors (Lipinski definition) is 1. The lowest BCUT2D eigenvalue weighted by molar-refractivity contribution is -0.117. The van der Waals surface area contributed by atoms with Gasteiger partial charge in [0.05, 0.1) is 15.3 Å². The molecule has 0 bridgehead atoms. The molecule has 0 aliphatic carbocycles. The number of thioether (sulfide) groups is 1. The maximum Gasteiger partial charge on any atom is 0.269 e. The first-order chi connectivity index (χ1) is 17.3. The van der Waals surface area contributed by atoms with Crippen molar-refractivity contribution >= 4 is 58.2 Å². The van der Waals surface area contributed by atoms with Gasteiger partial charge in [0.15, 0.2) is 0 Å². The Balaban J connectivity index is 1.75. The summed E-state index contributed by atoms with van der Waals surface area (Å²) in [5.41, 5.74) is 2.85. The Kier molecular flexibility index (Phi) is 8.05. The summed E-state index contributed by atoms with van der Waals surface area (Å²) in [6.45, 7) is 4.17. The maximum atomic E-state index is 13.7. The number of benzene rings is 3. The Morgan fingerprint density at radius 3 is 2.39 bits per heavy atom. The van der Waals surface area contributed by atoms with Crippen LogP contribution in [0.25, 0.3) is 0 Å². The van der Waals surface area contributed by atoms with Crippen molar-refractivity contribution in [1.29, 1.82) is 5.26 Å². The zero-order valence-electron chi connectivity index (χ0n) is 19.7. The molecule has 2 amide bonds. The minimum absolute atomic E-state index is 0.134. The summed E-state index contributed by atoms with van der Waals surface area (Å²) < 4.78 is 0. The third kappa shape index (κ3) is 5.44. The number of carbonyl (C=O) groups excluding carboxylic acids is 2. The number of hydrogen-bond acceptors (Lipinski definition) is 4. The zero-order chi connectivity index (χ0) is 25.8. The minimum atomic E-state index is -0.589. The second-order valence-electron chi connectivity index (χ2n) is 8.56. The van der Waals surface area contributed by atoms with Gasteiger partial charge in [-0.15, -0.1) is 0 Å². The second kappa shape index (κ2) is 11.2. The summed E-state index contributed by atoms with van der Waals surface area (Å²) in [6.07, 6.45) is 0.298. The van der Waals surface area contributed by atoms with Crippen molar-refractivity contribution in [3.05, 3.63) is 105 Å². The van der Waals surface area contributed by atoms with Gasteiger partial charge < -0.3 is 5.32 Å². The average molecular weight is 536 g/mol. The van der Waals surface area contributed by atoms with Crippen LogP contribution >= 0.6 is 35.0 Å². The summed E-state index contributed by atoms with van der Waals surface area (Å²) in [5.74, 6) is -0.491. The normalized spacial score (nSPS) is 16.7. The van der Waals surface area contributed by atoms with Gasteiger partial charge in [-0.25, -0.2) is 0 Å². The van der Waals surface area contributed by atoms with Crippen molar-refractivity contribution in [2.45, 2.75) is 31.4 Å². The first-order valence-corrected chi connectivity index (χ1v) is 13.0. The van der Waals surface area contributed by atoms with Gasteiger partial charge in [-0.05, 0) is 53.8 Å². The molecule has 1 fully saturated rings. The largest absolute Gasteiger partial charge is 0.321 e. The lowest BCUT2D eigenvalue weighted by Gasteiger charge is -2.19. The van der Waals surface area contributed by atoms with E-state index in [9.17, 15) is 14.9 Å². The first-order valence-electron chi connectivity index (χ1n) is 11.3. The fraction of sp³-hybridized carbons (Fsp3) is 0.179. The van der Waals surface area contributed by atoms with Crippen LogP contribution in [0.1, 0.15) is 30.9 Å². The topological polar surface area (TPSA) is 73.2 Å². The molecule has 8 heteroatoms. The third-order valence-electron chi connectivity index (χ3n) is 5.79. The van der Waals surface area contributed by atoms with Gasteiger partial charge in [0, 0.05) is 11.4 Å². The third-order valence-corrected chi connectivity index (χ3v) is 7.91. The van der Waals surface area contributed by atoms with E-state index < -0.39 is 11.2 Å². The van der Waals surface area contributed by atoms with Gasteiger partial charge in [-0.2, -0.15) is 5.26 Å². The van der Waals surface area contributed by atoms with E-state index in [1.54, 1.807) is 36.4 Å². The molecule has 0 aromatic heterocycles. The van der Waals surface area contributed by atoms with Crippen LogP contribution in [0.5, 0.6) is 0 Å². The van der Waals surface area contributed by atoms with Crippen LogP contribution in [0.3, 0.4) is 0 Å². The molecule has 1 atom stereocenters. The van der Waals surface area contributed by atoms with Crippen LogP contribution in [0.4, 0.5) is 11.4 Å². The van der Waals surface area contributed by atoms with Crippen molar-refractivity contribution in [2.75, 3.05) is 10.2 Å². The number of nitrogens with zero attached hydrogens (tertiary/aromatic N) is 2. The van der Waals surface area contributed by atoms with Gasteiger partial charge in [-0.3, -0.25) is 14.5 Å². The van der Waals surface area contributed by atoms with Crippen molar-refractivity contribution in [2.24, 2.45) is 0 Å². The fourth-order valence-electron chi connectivity index (χ4n) is 3.85. The van der Waals surface area contributed by atoms with E-state index in [2.05, 4.69) is 19.2 Å². The molecule has 182 valence electrons.